The predicted molar refractivity (Wildman–Crippen MR) is 122 cm³/mol. The van der Waals surface area contributed by atoms with Crippen molar-refractivity contribution < 1.29 is 14.3 Å². The second kappa shape index (κ2) is 9.90. The molecule has 4 rings (SSSR count). The molecule has 0 atom stereocenters. The van der Waals surface area contributed by atoms with Gasteiger partial charge in [0.15, 0.2) is 5.78 Å². The van der Waals surface area contributed by atoms with E-state index >= 15 is 0 Å². The molecular formula is C24H24ClN3O3. The van der Waals surface area contributed by atoms with E-state index in [1.54, 1.807) is 36.5 Å². The first kappa shape index (κ1) is 21.3. The maximum Gasteiger partial charge on any atom is 0.411 e. The maximum atomic E-state index is 12.6. The monoisotopic (exact) mass is 437 g/mol. The number of piperidine rings is 1. The van der Waals surface area contributed by atoms with E-state index in [2.05, 4.69) is 15.2 Å². The Labute approximate surface area is 186 Å². The van der Waals surface area contributed by atoms with Crippen molar-refractivity contribution in [2.75, 3.05) is 31.6 Å². The number of nitrogens with zero attached hydrogens (tertiary/aromatic N) is 2. The summed E-state index contributed by atoms with van der Waals surface area (Å²) in [6.45, 7) is 2.55. The minimum atomic E-state index is -0.494. The molecule has 7 heteroatoms. The Morgan fingerprint density at radius 2 is 1.81 bits per heavy atom. The molecule has 1 saturated heterocycles. The number of fused-ring (bicyclic) bond motifs is 1. The van der Waals surface area contributed by atoms with Crippen LogP contribution in [0.25, 0.3) is 10.9 Å². The van der Waals surface area contributed by atoms with Crippen molar-refractivity contribution >= 4 is 40.1 Å². The van der Waals surface area contributed by atoms with Gasteiger partial charge >= 0.3 is 6.09 Å². The van der Waals surface area contributed by atoms with Crippen LogP contribution in [-0.2, 0) is 4.74 Å². The summed E-state index contributed by atoms with van der Waals surface area (Å²) in [7, 11) is 0. The number of carbonyl (C=O) groups is 2. The van der Waals surface area contributed by atoms with Gasteiger partial charge < -0.3 is 4.74 Å². The lowest BCUT2D eigenvalue weighted by molar-refractivity contribution is 0.0813. The van der Waals surface area contributed by atoms with Gasteiger partial charge in [-0.1, -0.05) is 29.8 Å². The third kappa shape index (κ3) is 5.40. The van der Waals surface area contributed by atoms with Gasteiger partial charge in [-0.3, -0.25) is 20.0 Å². The molecular weight excluding hydrogens is 414 g/mol. The molecule has 0 saturated carbocycles. The molecule has 1 N–H and O–H groups in total. The molecule has 3 aromatic rings. The Hall–Kier alpha value is -2.96. The highest BCUT2D eigenvalue weighted by Gasteiger charge is 2.25. The number of nitrogens with one attached hydrogen (secondary N) is 1. The lowest BCUT2D eigenvalue weighted by Crippen LogP contribution is -2.38. The Bertz CT molecular complexity index is 1060. The lowest BCUT2D eigenvalue weighted by atomic mass is 9.89. The highest BCUT2D eigenvalue weighted by atomic mass is 35.5. The first-order valence-electron chi connectivity index (χ1n) is 10.4. The van der Waals surface area contributed by atoms with Crippen molar-refractivity contribution in [1.82, 2.24) is 9.88 Å². The van der Waals surface area contributed by atoms with E-state index in [-0.39, 0.29) is 11.7 Å². The minimum Gasteiger partial charge on any atom is -0.448 e. The number of ether oxygens (including phenoxy) is 1. The minimum absolute atomic E-state index is 0.0282. The number of Topliss-reactive ketones (excluding diaryl/α,β-unsaturated/α-hetero) is 1. The molecule has 2 heterocycles. The van der Waals surface area contributed by atoms with Crippen LogP contribution < -0.4 is 5.32 Å². The third-order valence-corrected chi connectivity index (χ3v) is 5.85. The number of rotatable bonds is 6. The molecule has 1 aromatic heterocycles. The van der Waals surface area contributed by atoms with E-state index in [1.807, 2.05) is 24.3 Å². The standard InChI is InChI=1S/C24H24ClN3O3/c25-20-8-6-18(7-9-20)23(29)19-10-13-28(14-11-19)15-16-31-24(30)27-21-5-1-3-17-4-2-12-26-22(17)21/h1-9,12,19H,10-11,13-16H2,(H,27,30). The highest BCUT2D eigenvalue weighted by Crippen LogP contribution is 2.23. The number of anilines is 1. The quantitative estimate of drug-likeness (QED) is 0.547. The van der Waals surface area contributed by atoms with Crippen molar-refractivity contribution in [2.24, 2.45) is 5.92 Å². The summed E-state index contributed by atoms with van der Waals surface area (Å²) in [6, 6.07) is 16.5. The molecule has 160 valence electrons. The number of hydrogen-bond donors (Lipinski definition) is 1. The van der Waals surface area contributed by atoms with E-state index in [4.69, 9.17) is 16.3 Å². The van der Waals surface area contributed by atoms with E-state index in [0.717, 1.165) is 36.8 Å². The Morgan fingerprint density at radius 1 is 1.06 bits per heavy atom. The normalized spacial score (nSPS) is 15.0. The van der Waals surface area contributed by atoms with Crippen LogP contribution in [0.2, 0.25) is 5.02 Å². The molecule has 1 amide bonds. The van der Waals surface area contributed by atoms with Crippen LogP contribution in [0.5, 0.6) is 0 Å². The summed E-state index contributed by atoms with van der Waals surface area (Å²) < 4.78 is 5.35. The van der Waals surface area contributed by atoms with Gasteiger partial charge in [0, 0.05) is 34.6 Å². The van der Waals surface area contributed by atoms with E-state index in [0.29, 0.717) is 29.4 Å². The first-order chi connectivity index (χ1) is 15.1. The van der Waals surface area contributed by atoms with Crippen molar-refractivity contribution in [3.8, 4) is 0 Å². The first-order valence-corrected chi connectivity index (χ1v) is 10.8. The number of likely N-dealkylation sites (tertiary alicyclic amines) is 1. The van der Waals surface area contributed by atoms with Crippen LogP contribution in [0.1, 0.15) is 23.2 Å². The second-order valence-corrected chi connectivity index (χ2v) is 8.07. The van der Waals surface area contributed by atoms with E-state index in [1.165, 1.54) is 0 Å². The molecule has 31 heavy (non-hydrogen) atoms. The second-order valence-electron chi connectivity index (χ2n) is 7.63. The lowest BCUT2D eigenvalue weighted by Gasteiger charge is -2.31. The maximum absolute atomic E-state index is 12.6. The fourth-order valence-corrected chi connectivity index (χ4v) is 4.01. The fraction of sp³-hybridized carbons (Fsp3) is 0.292. The van der Waals surface area contributed by atoms with Crippen molar-refractivity contribution in [1.29, 1.82) is 0 Å². The number of ketones is 1. The summed E-state index contributed by atoms with van der Waals surface area (Å²) in [5.41, 5.74) is 2.07. The van der Waals surface area contributed by atoms with Crippen LogP contribution in [0, 0.1) is 5.92 Å². The molecule has 1 aliphatic rings. The third-order valence-electron chi connectivity index (χ3n) is 5.60. The van der Waals surface area contributed by atoms with Gasteiger partial charge in [-0.25, -0.2) is 4.79 Å². The van der Waals surface area contributed by atoms with Crippen LogP contribution >= 0.6 is 11.6 Å². The van der Waals surface area contributed by atoms with Gasteiger partial charge in [-0.2, -0.15) is 0 Å². The van der Waals surface area contributed by atoms with Crippen LogP contribution in [-0.4, -0.2) is 48.0 Å². The average Bonchev–Trinajstić information content (AvgIpc) is 2.80. The number of hydrogen-bond acceptors (Lipinski definition) is 5. The average molecular weight is 438 g/mol. The number of para-hydroxylation sites is 1. The van der Waals surface area contributed by atoms with Crippen molar-refractivity contribution in [3.63, 3.8) is 0 Å². The molecule has 1 fully saturated rings. The Morgan fingerprint density at radius 3 is 2.58 bits per heavy atom. The summed E-state index contributed by atoms with van der Waals surface area (Å²) in [6.07, 6.45) is 2.80. The number of benzene rings is 2. The summed E-state index contributed by atoms with van der Waals surface area (Å²) >= 11 is 5.90. The molecule has 2 aromatic carbocycles. The summed E-state index contributed by atoms with van der Waals surface area (Å²) in [5, 5.41) is 4.36. The molecule has 1 aliphatic heterocycles. The number of amides is 1. The zero-order valence-corrected chi connectivity index (χ0v) is 17.8. The van der Waals surface area contributed by atoms with Gasteiger partial charge in [0.25, 0.3) is 0 Å². The van der Waals surface area contributed by atoms with Gasteiger partial charge in [0.05, 0.1) is 11.2 Å². The molecule has 6 nitrogen and oxygen atoms in total. The van der Waals surface area contributed by atoms with Gasteiger partial charge in [0.1, 0.15) is 6.61 Å². The molecule has 0 unspecified atom stereocenters. The molecule has 0 radical (unpaired) electrons. The van der Waals surface area contributed by atoms with Gasteiger partial charge in [-0.05, 0) is 62.3 Å². The summed E-state index contributed by atoms with van der Waals surface area (Å²) in [4.78, 5) is 31.4. The SMILES string of the molecule is O=C(Nc1cccc2cccnc12)OCCN1CCC(C(=O)c2ccc(Cl)cc2)CC1. The summed E-state index contributed by atoms with van der Waals surface area (Å²) in [5.74, 6) is 0.205. The fourth-order valence-electron chi connectivity index (χ4n) is 3.89. The zero-order chi connectivity index (χ0) is 21.6. The number of pyridine rings is 1. The number of aromatic nitrogens is 1. The van der Waals surface area contributed by atoms with Crippen LogP contribution in [0.15, 0.2) is 60.8 Å². The smallest absolute Gasteiger partial charge is 0.411 e. The topological polar surface area (TPSA) is 71.5 Å². The van der Waals surface area contributed by atoms with Crippen molar-refractivity contribution in [2.45, 2.75) is 12.8 Å². The number of halogens is 1. The van der Waals surface area contributed by atoms with E-state index < -0.39 is 6.09 Å². The molecule has 0 bridgehead atoms. The van der Waals surface area contributed by atoms with Crippen LogP contribution in [0.4, 0.5) is 10.5 Å². The zero-order valence-electron chi connectivity index (χ0n) is 17.1. The predicted octanol–water partition coefficient (Wildman–Crippen LogP) is 5.03. The highest BCUT2D eigenvalue weighted by molar-refractivity contribution is 6.30. The Kier molecular flexibility index (Phi) is 6.79. The Balaban J connectivity index is 1.21. The number of carbonyl (C=O) groups excluding carboxylic acids is 2. The van der Waals surface area contributed by atoms with Crippen molar-refractivity contribution in [3.05, 3.63) is 71.4 Å². The largest absolute Gasteiger partial charge is 0.448 e. The molecule has 0 spiro atoms. The molecule has 0 aliphatic carbocycles. The van der Waals surface area contributed by atoms with Crippen LogP contribution in [0.3, 0.4) is 0 Å². The van der Waals surface area contributed by atoms with Gasteiger partial charge in [-0.15, -0.1) is 0 Å². The van der Waals surface area contributed by atoms with Gasteiger partial charge in [0.2, 0.25) is 0 Å². The van der Waals surface area contributed by atoms with E-state index in [9.17, 15) is 9.59 Å².